The fraction of sp³-hybridized carbons (Fsp3) is 0.389. The van der Waals surface area contributed by atoms with Crippen LogP contribution in [-0.4, -0.2) is 111 Å². The highest BCUT2D eigenvalue weighted by Gasteiger charge is 2.30. The quantitative estimate of drug-likeness (QED) is 0.222. The molecular weight excluding hydrogens is 615 g/mol. The van der Waals surface area contributed by atoms with E-state index in [1.807, 2.05) is 36.4 Å². The number of carbonyl (C=O) groups excluding carboxylic acids is 1. The molecule has 0 unspecified atom stereocenters. The van der Waals surface area contributed by atoms with Gasteiger partial charge in [-0.05, 0) is 38.2 Å². The van der Waals surface area contributed by atoms with Gasteiger partial charge in [0.25, 0.3) is 5.91 Å². The summed E-state index contributed by atoms with van der Waals surface area (Å²) in [5, 5.41) is 8.03. The molecule has 0 aliphatic carbocycles. The number of hydrogen-bond acceptors (Lipinski definition) is 9. The lowest BCUT2D eigenvalue weighted by Gasteiger charge is -2.32. The van der Waals surface area contributed by atoms with Crippen molar-refractivity contribution in [2.45, 2.75) is 6.42 Å². The van der Waals surface area contributed by atoms with Crippen LogP contribution in [0.4, 0.5) is 10.1 Å². The van der Waals surface area contributed by atoms with Crippen molar-refractivity contribution < 1.29 is 23.1 Å². The van der Waals surface area contributed by atoms with Crippen molar-refractivity contribution in [3.63, 3.8) is 0 Å². The van der Waals surface area contributed by atoms with Crippen molar-refractivity contribution in [2.24, 2.45) is 0 Å². The number of aromatic nitrogens is 1. The van der Waals surface area contributed by atoms with Gasteiger partial charge in [0.15, 0.2) is 17.3 Å². The SMILES string of the molecule is CN1CCN(CCCNc2c(F)cc3c(=O)c(C(=O)NCCN4CCOCC4)cn4c3c2Oc2cc3c(cc2-4)oc2ccccc23)CC1. The van der Waals surface area contributed by atoms with E-state index in [4.69, 9.17) is 13.9 Å². The Morgan fingerprint density at radius 3 is 2.52 bits per heavy atom. The monoisotopic (exact) mass is 654 g/mol. The number of rotatable bonds is 9. The maximum Gasteiger partial charge on any atom is 0.256 e. The first-order valence-electron chi connectivity index (χ1n) is 16.7. The summed E-state index contributed by atoms with van der Waals surface area (Å²) in [6.07, 6.45) is 2.36. The summed E-state index contributed by atoms with van der Waals surface area (Å²) < 4.78 is 35.9. The molecule has 3 aliphatic rings. The average Bonchev–Trinajstić information content (AvgIpc) is 3.46. The first kappa shape index (κ1) is 30.8. The number of amides is 1. The molecule has 5 heterocycles. The van der Waals surface area contributed by atoms with E-state index >= 15 is 4.39 Å². The molecule has 2 aromatic heterocycles. The molecule has 0 atom stereocenters. The zero-order valence-electron chi connectivity index (χ0n) is 27.0. The number of morpholine rings is 1. The number of ether oxygens (including phenoxy) is 2. The number of fused-ring (bicyclic) bond motifs is 5. The Hall–Kier alpha value is -4.49. The lowest BCUT2D eigenvalue weighted by molar-refractivity contribution is 0.0383. The Morgan fingerprint density at radius 2 is 1.69 bits per heavy atom. The summed E-state index contributed by atoms with van der Waals surface area (Å²) in [5.74, 6) is -0.425. The van der Waals surface area contributed by atoms with Gasteiger partial charge in [-0.1, -0.05) is 18.2 Å². The Labute approximate surface area is 276 Å². The molecule has 0 bridgehead atoms. The molecule has 48 heavy (non-hydrogen) atoms. The van der Waals surface area contributed by atoms with Crippen molar-refractivity contribution in [3.8, 4) is 17.2 Å². The number of furan rings is 1. The topological polar surface area (TPSA) is 104 Å². The number of anilines is 1. The van der Waals surface area contributed by atoms with Crippen LogP contribution >= 0.6 is 0 Å². The van der Waals surface area contributed by atoms with Crippen molar-refractivity contribution in [3.05, 3.63) is 70.3 Å². The summed E-state index contributed by atoms with van der Waals surface area (Å²) in [6, 6.07) is 12.7. The van der Waals surface area contributed by atoms with E-state index in [0.717, 1.165) is 68.6 Å². The van der Waals surface area contributed by atoms with Gasteiger partial charge < -0.3 is 38.9 Å². The predicted molar refractivity (Wildman–Crippen MR) is 183 cm³/mol. The zero-order chi connectivity index (χ0) is 32.8. The number of hydrogen-bond donors (Lipinski definition) is 2. The minimum atomic E-state index is -0.607. The van der Waals surface area contributed by atoms with Crippen LogP contribution in [0.2, 0.25) is 0 Å². The lowest BCUT2D eigenvalue weighted by atomic mass is 10.0. The van der Waals surface area contributed by atoms with E-state index in [1.165, 1.54) is 6.07 Å². The second-order valence-electron chi connectivity index (χ2n) is 12.9. The first-order chi connectivity index (χ1) is 23.4. The number of piperazine rings is 1. The van der Waals surface area contributed by atoms with Gasteiger partial charge in [0.2, 0.25) is 5.43 Å². The van der Waals surface area contributed by atoms with Crippen LogP contribution in [-0.2, 0) is 4.74 Å². The van der Waals surface area contributed by atoms with Crippen LogP contribution in [0.25, 0.3) is 38.5 Å². The molecule has 1 amide bonds. The fourth-order valence-corrected chi connectivity index (χ4v) is 7.00. The number of nitrogens with one attached hydrogen (secondary N) is 2. The van der Waals surface area contributed by atoms with Gasteiger partial charge in [-0.15, -0.1) is 0 Å². The summed E-state index contributed by atoms with van der Waals surface area (Å²) >= 11 is 0. The number of pyridine rings is 1. The van der Waals surface area contributed by atoms with Gasteiger partial charge in [-0.25, -0.2) is 4.39 Å². The van der Waals surface area contributed by atoms with Crippen LogP contribution in [0.15, 0.2) is 57.9 Å². The molecule has 3 aliphatic heterocycles. The molecule has 2 fully saturated rings. The minimum absolute atomic E-state index is 0.0692. The molecule has 2 saturated heterocycles. The molecule has 3 aromatic carbocycles. The number of nitrogens with zero attached hydrogens (tertiary/aromatic N) is 4. The predicted octanol–water partition coefficient (Wildman–Crippen LogP) is 4.25. The van der Waals surface area contributed by atoms with Crippen molar-refractivity contribution in [1.82, 2.24) is 24.6 Å². The molecule has 0 saturated carbocycles. The fourth-order valence-electron chi connectivity index (χ4n) is 7.00. The lowest BCUT2D eigenvalue weighted by Crippen LogP contribution is -2.44. The van der Waals surface area contributed by atoms with E-state index in [1.54, 1.807) is 10.8 Å². The van der Waals surface area contributed by atoms with Crippen LogP contribution in [0.5, 0.6) is 11.5 Å². The van der Waals surface area contributed by atoms with Crippen molar-refractivity contribution >= 4 is 44.4 Å². The van der Waals surface area contributed by atoms with Gasteiger partial charge >= 0.3 is 0 Å². The van der Waals surface area contributed by atoms with Crippen molar-refractivity contribution in [2.75, 3.05) is 91.0 Å². The van der Waals surface area contributed by atoms with E-state index in [2.05, 4.69) is 32.4 Å². The molecule has 250 valence electrons. The first-order valence-corrected chi connectivity index (χ1v) is 16.7. The van der Waals surface area contributed by atoms with E-state index in [0.29, 0.717) is 55.4 Å². The average molecular weight is 655 g/mol. The van der Waals surface area contributed by atoms with Crippen LogP contribution in [0.1, 0.15) is 16.8 Å². The highest BCUT2D eigenvalue weighted by Crippen LogP contribution is 2.47. The third-order valence-electron chi connectivity index (χ3n) is 9.74. The van der Waals surface area contributed by atoms with Gasteiger partial charge in [0, 0.05) is 81.9 Å². The minimum Gasteiger partial charge on any atom is -0.456 e. The molecule has 12 heteroatoms. The van der Waals surface area contributed by atoms with Gasteiger partial charge in [-0.2, -0.15) is 0 Å². The summed E-state index contributed by atoms with van der Waals surface area (Å²) in [6.45, 7) is 9.42. The number of benzene rings is 3. The normalized spacial score (nSPS) is 17.1. The van der Waals surface area contributed by atoms with E-state index in [-0.39, 0.29) is 22.4 Å². The third kappa shape index (κ3) is 5.68. The highest BCUT2D eigenvalue weighted by molar-refractivity contribution is 6.07. The standard InChI is InChI=1S/C36H39FN6O5/c1-40-11-13-41(14-12-40)9-4-7-38-32-27(37)19-25-33-35(32)48-31-20-24-23-5-2-3-6-29(23)47-30(24)21-28(31)43(33)22-26(34(25)44)36(45)39-8-10-42-15-17-46-18-16-42/h2-3,5-6,19-22,38H,4,7-18H2,1H3,(H,39,45). The second-order valence-corrected chi connectivity index (χ2v) is 12.9. The van der Waals surface area contributed by atoms with Crippen LogP contribution < -0.4 is 20.8 Å². The molecule has 0 radical (unpaired) electrons. The second kappa shape index (κ2) is 12.8. The molecule has 11 nitrogen and oxygen atoms in total. The number of carbonyl (C=O) groups is 1. The Balaban J connectivity index is 1.16. The van der Waals surface area contributed by atoms with Crippen LogP contribution in [0.3, 0.4) is 0 Å². The summed E-state index contributed by atoms with van der Waals surface area (Å²) in [5.41, 5.74) is 1.93. The third-order valence-corrected chi connectivity index (χ3v) is 9.74. The maximum absolute atomic E-state index is 16.0. The number of para-hydroxylation sites is 1. The number of likely N-dealkylation sites (N-methyl/N-ethyl adjacent to an activating group) is 1. The van der Waals surface area contributed by atoms with Crippen LogP contribution in [0, 0.1) is 5.82 Å². The highest BCUT2D eigenvalue weighted by atomic mass is 19.1. The summed E-state index contributed by atoms with van der Waals surface area (Å²) in [7, 11) is 2.13. The smallest absolute Gasteiger partial charge is 0.256 e. The Kier molecular flexibility index (Phi) is 8.25. The van der Waals surface area contributed by atoms with Gasteiger partial charge in [-0.3, -0.25) is 14.5 Å². The molecule has 2 N–H and O–H groups in total. The summed E-state index contributed by atoms with van der Waals surface area (Å²) in [4.78, 5) is 34.3. The largest absolute Gasteiger partial charge is 0.456 e. The van der Waals surface area contributed by atoms with Gasteiger partial charge in [0.1, 0.15) is 27.9 Å². The maximum atomic E-state index is 16.0. The molecule has 8 rings (SSSR count). The van der Waals surface area contributed by atoms with E-state index < -0.39 is 17.2 Å². The molecular formula is C36H39FN6O5. The Bertz CT molecular complexity index is 2080. The number of halogens is 1. The van der Waals surface area contributed by atoms with E-state index in [9.17, 15) is 9.59 Å². The molecule has 5 aromatic rings. The Morgan fingerprint density at radius 1 is 0.896 bits per heavy atom. The molecule has 0 spiro atoms. The van der Waals surface area contributed by atoms with Crippen molar-refractivity contribution in [1.29, 1.82) is 0 Å². The zero-order valence-corrected chi connectivity index (χ0v) is 27.0. The van der Waals surface area contributed by atoms with Gasteiger partial charge in [0.05, 0.1) is 24.3 Å².